The minimum Gasteiger partial charge on any atom is -0.0594 e. The molecule has 0 aliphatic carbocycles. The van der Waals surface area contributed by atoms with Gasteiger partial charge in [-0.15, -0.1) is 0 Å². The number of allylic oxidation sites excluding steroid dienone is 2. The van der Waals surface area contributed by atoms with E-state index in [4.69, 9.17) is 0 Å². The number of halogens is 4. The Bertz CT molecular complexity index is 120. The lowest BCUT2D eigenvalue weighted by Crippen LogP contribution is -1.57. The summed E-state index contributed by atoms with van der Waals surface area (Å²) in [5.41, 5.74) is 0. The van der Waals surface area contributed by atoms with Crippen molar-refractivity contribution in [3.05, 3.63) is 18.9 Å². The smallest absolute Gasteiger partial charge is 0.0594 e. The monoisotopic (exact) mass is 366 g/mol. The quantitative estimate of drug-likeness (QED) is 0.606. The van der Waals surface area contributed by atoms with E-state index in [-0.39, 0.29) is 0 Å². The maximum absolute atomic E-state index is 3.27. The van der Waals surface area contributed by atoms with Crippen LogP contribution in [0.1, 0.15) is 0 Å². The molecule has 0 aromatic heterocycles. The highest BCUT2D eigenvalue weighted by Crippen LogP contribution is 2.24. The van der Waals surface area contributed by atoms with E-state index in [1.54, 1.807) is 4.99 Å². The Morgan fingerprint density at radius 2 is 1.62 bits per heavy atom. The molecule has 0 saturated carbocycles. The molecule has 0 aliphatic rings. The first-order valence-electron chi connectivity index (χ1n) is 1.66. The minimum absolute atomic E-state index is 0.903. The topological polar surface area (TPSA) is 0 Å². The molecule has 0 fully saturated rings. The van der Waals surface area contributed by atoms with Gasteiger partial charge in [0.2, 0.25) is 0 Å². The zero-order chi connectivity index (χ0) is 6.57. The normalized spacial score (nSPS) is 10.0. The summed E-state index contributed by atoms with van der Waals surface area (Å²) in [7, 11) is 0. The van der Waals surface area contributed by atoms with Crippen molar-refractivity contribution in [1.29, 1.82) is 0 Å². The molecule has 0 atom stereocenters. The van der Waals surface area contributed by atoms with Crippen LogP contribution in [-0.2, 0) is 0 Å². The summed E-state index contributed by atoms with van der Waals surface area (Å²) in [4.78, 5) is 1.76. The lowest BCUT2D eigenvalue weighted by atomic mass is 10.6. The fourth-order valence-corrected chi connectivity index (χ4v) is 1.13. The molecule has 0 spiro atoms. The number of hydrogen-bond acceptors (Lipinski definition) is 0. The van der Waals surface area contributed by atoms with Gasteiger partial charge in [0.1, 0.15) is 0 Å². The van der Waals surface area contributed by atoms with Crippen molar-refractivity contribution in [3.63, 3.8) is 0 Å². The molecule has 0 aliphatic heterocycles. The summed E-state index contributed by atoms with van der Waals surface area (Å²) >= 11 is 12.8. The molecular formula is C4H2Br4. The van der Waals surface area contributed by atoms with Crippen LogP contribution in [0, 0.1) is 0 Å². The highest BCUT2D eigenvalue weighted by atomic mass is 79.9. The second-order valence-corrected chi connectivity index (χ2v) is 4.93. The average molecular weight is 370 g/mol. The van der Waals surface area contributed by atoms with Crippen LogP contribution in [0.3, 0.4) is 0 Å². The zero-order valence-electron chi connectivity index (χ0n) is 3.67. The molecule has 0 saturated heterocycles. The Kier molecular flexibility index (Phi) is 6.12. The first-order valence-corrected chi connectivity index (χ1v) is 4.95. The van der Waals surface area contributed by atoms with Crippen LogP contribution in [0.4, 0.5) is 0 Å². The van der Waals surface area contributed by atoms with Crippen molar-refractivity contribution in [2.75, 3.05) is 0 Å². The summed E-state index contributed by atoms with van der Waals surface area (Å²) in [6.45, 7) is 0. The molecule has 0 nitrogen and oxygen atoms in total. The van der Waals surface area contributed by atoms with Crippen LogP contribution in [0.25, 0.3) is 0 Å². The van der Waals surface area contributed by atoms with Crippen molar-refractivity contribution in [1.82, 2.24) is 0 Å². The molecule has 0 amide bonds. The maximum Gasteiger partial charge on any atom is 0.0746 e. The van der Waals surface area contributed by atoms with Gasteiger partial charge in [0, 0.05) is 4.48 Å². The van der Waals surface area contributed by atoms with E-state index in [0.717, 1.165) is 7.87 Å². The van der Waals surface area contributed by atoms with Gasteiger partial charge in [0.15, 0.2) is 0 Å². The van der Waals surface area contributed by atoms with Crippen LogP contribution in [0.15, 0.2) is 18.9 Å². The molecule has 46 valence electrons. The fraction of sp³-hybridized carbons (Fsp3) is 0. The third-order valence-corrected chi connectivity index (χ3v) is 3.23. The zero-order valence-corrected chi connectivity index (χ0v) is 10.0. The highest BCUT2D eigenvalue weighted by molar-refractivity contribution is 9.29. The predicted octanol–water partition coefficient (Wildman–Crippen LogP) is 4.25. The molecule has 0 heterocycles. The van der Waals surface area contributed by atoms with Crippen LogP contribution in [-0.4, -0.2) is 0 Å². The first kappa shape index (κ1) is 9.40. The fourth-order valence-electron chi connectivity index (χ4n) is 0.118. The van der Waals surface area contributed by atoms with Gasteiger partial charge in [0.05, 0.1) is 3.39 Å². The Labute approximate surface area is 81.9 Å². The Morgan fingerprint density at radius 1 is 1.12 bits per heavy atom. The minimum atomic E-state index is 0.903. The Hall–Kier alpha value is 1.40. The molecular weight excluding hydrogens is 368 g/mol. The lowest BCUT2D eigenvalue weighted by molar-refractivity contribution is 2.04. The molecule has 0 aromatic rings. The summed E-state index contributed by atoms with van der Waals surface area (Å²) in [6, 6.07) is 0. The molecule has 0 unspecified atom stereocenters. The van der Waals surface area contributed by atoms with Gasteiger partial charge in [-0.2, -0.15) is 0 Å². The van der Waals surface area contributed by atoms with E-state index in [0.29, 0.717) is 0 Å². The predicted molar refractivity (Wildman–Crippen MR) is 51.9 cm³/mol. The van der Waals surface area contributed by atoms with Gasteiger partial charge in [-0.3, -0.25) is 0 Å². The molecule has 8 heavy (non-hydrogen) atoms. The molecule has 0 N–H and O–H groups in total. The number of rotatable bonds is 1. The maximum atomic E-state index is 3.27. The summed E-state index contributed by atoms with van der Waals surface area (Å²) in [6.07, 6.45) is 1.86. The summed E-state index contributed by atoms with van der Waals surface area (Å²) in [5.74, 6) is 0. The Balaban J connectivity index is 4.00. The third kappa shape index (κ3) is 4.30. The third-order valence-electron chi connectivity index (χ3n) is 0.390. The highest BCUT2D eigenvalue weighted by Gasteiger charge is 1.88. The molecule has 0 radical (unpaired) electrons. The van der Waals surface area contributed by atoms with Gasteiger partial charge in [-0.25, -0.2) is 0 Å². The van der Waals surface area contributed by atoms with Crippen molar-refractivity contribution in [2.45, 2.75) is 0 Å². The van der Waals surface area contributed by atoms with Gasteiger partial charge in [0.25, 0.3) is 0 Å². The molecule has 0 rings (SSSR count). The van der Waals surface area contributed by atoms with Gasteiger partial charge in [-0.05, 0) is 58.9 Å². The molecule has 4 heteroatoms. The van der Waals surface area contributed by atoms with E-state index < -0.39 is 0 Å². The average Bonchev–Trinajstić information content (AvgIpc) is 1.67. The van der Waals surface area contributed by atoms with E-state index in [1.807, 2.05) is 6.08 Å². The van der Waals surface area contributed by atoms with Crippen molar-refractivity contribution >= 4 is 63.7 Å². The molecule has 0 bridgehead atoms. The van der Waals surface area contributed by atoms with Crippen molar-refractivity contribution in [2.24, 2.45) is 0 Å². The first-order chi connectivity index (χ1) is 3.68. The van der Waals surface area contributed by atoms with Crippen LogP contribution in [0.2, 0.25) is 0 Å². The van der Waals surface area contributed by atoms with Crippen molar-refractivity contribution in [3.8, 4) is 0 Å². The largest absolute Gasteiger partial charge is 0.0746 e. The second kappa shape index (κ2) is 5.21. The standard InChI is InChI=1S/C4H2Br4/c5-2-1-3(6)4(7)8/h1-2H. The van der Waals surface area contributed by atoms with E-state index in [9.17, 15) is 0 Å². The van der Waals surface area contributed by atoms with E-state index in [2.05, 4.69) is 63.7 Å². The SMILES string of the molecule is BrC=CC(Br)=C(Br)Br. The summed E-state index contributed by atoms with van der Waals surface area (Å²) < 4.78 is 1.87. The second-order valence-electron chi connectivity index (χ2n) is 0.901. The number of hydrogen-bond donors (Lipinski definition) is 0. The summed E-state index contributed by atoms with van der Waals surface area (Å²) in [5, 5.41) is 0. The lowest BCUT2D eigenvalue weighted by Gasteiger charge is -1.84. The van der Waals surface area contributed by atoms with Crippen LogP contribution in [0.5, 0.6) is 0 Å². The Morgan fingerprint density at radius 3 is 1.75 bits per heavy atom. The van der Waals surface area contributed by atoms with E-state index in [1.165, 1.54) is 0 Å². The van der Waals surface area contributed by atoms with Crippen LogP contribution >= 0.6 is 63.7 Å². The van der Waals surface area contributed by atoms with E-state index >= 15 is 0 Å². The van der Waals surface area contributed by atoms with Gasteiger partial charge >= 0.3 is 0 Å². The van der Waals surface area contributed by atoms with Gasteiger partial charge in [-0.1, -0.05) is 15.9 Å². The van der Waals surface area contributed by atoms with Gasteiger partial charge < -0.3 is 0 Å². The molecule has 0 aromatic carbocycles. The van der Waals surface area contributed by atoms with Crippen molar-refractivity contribution < 1.29 is 0 Å². The van der Waals surface area contributed by atoms with Crippen LogP contribution < -0.4 is 0 Å².